The number of hydrogen-bond donors (Lipinski definition) is 2. The molecule has 0 radical (unpaired) electrons. The third-order valence-electron chi connectivity index (χ3n) is 1.75. The van der Waals surface area contributed by atoms with Crippen molar-refractivity contribution in [1.29, 1.82) is 0 Å². The maximum atomic E-state index is 13.0. The fourth-order valence-electron chi connectivity index (χ4n) is 0.999. The van der Waals surface area contributed by atoms with Crippen molar-refractivity contribution < 1.29 is 17.6 Å². The molecule has 0 heterocycles. The maximum absolute atomic E-state index is 13.0. The zero-order valence-electron chi connectivity index (χ0n) is 7.35. The molecule has 0 amide bonds. The van der Waals surface area contributed by atoms with Gasteiger partial charge in [-0.25, -0.2) is 4.39 Å². The number of rotatable bonds is 1. The van der Waals surface area contributed by atoms with Gasteiger partial charge < -0.3 is 5.73 Å². The lowest BCUT2D eigenvalue weighted by Gasteiger charge is -2.09. The normalized spacial score (nSPS) is 13.0. The van der Waals surface area contributed by atoms with E-state index in [9.17, 15) is 17.6 Å². The van der Waals surface area contributed by atoms with E-state index in [0.717, 1.165) is 12.1 Å². The van der Waals surface area contributed by atoms with Gasteiger partial charge in [0.2, 0.25) is 0 Å². The maximum Gasteiger partial charge on any atom is 0.419 e. The number of thiol groups is 1. The molecule has 6 heteroatoms. The second kappa shape index (κ2) is 4.14. The third-order valence-corrected chi connectivity index (χ3v) is 2.03. The van der Waals surface area contributed by atoms with E-state index in [2.05, 4.69) is 12.6 Å². The Morgan fingerprint density at radius 2 is 1.93 bits per heavy atom. The van der Waals surface area contributed by atoms with E-state index in [4.69, 9.17) is 5.73 Å². The SMILES string of the molecule is N/C(=C\S)c1ccc(C(F)(F)F)c(F)c1. The molecule has 0 aliphatic carbocycles. The van der Waals surface area contributed by atoms with Crippen molar-refractivity contribution in [2.75, 3.05) is 0 Å². The fraction of sp³-hybridized carbons (Fsp3) is 0.111. The predicted molar refractivity (Wildman–Crippen MR) is 52.6 cm³/mol. The highest BCUT2D eigenvalue weighted by atomic mass is 32.1. The van der Waals surface area contributed by atoms with Crippen LogP contribution in [0.5, 0.6) is 0 Å². The molecule has 15 heavy (non-hydrogen) atoms. The van der Waals surface area contributed by atoms with Crippen molar-refractivity contribution >= 4 is 18.3 Å². The molecule has 0 fully saturated rings. The zero-order valence-corrected chi connectivity index (χ0v) is 8.24. The monoisotopic (exact) mass is 237 g/mol. The molecule has 0 aliphatic rings. The third kappa shape index (κ3) is 2.65. The Morgan fingerprint density at radius 3 is 2.33 bits per heavy atom. The number of alkyl halides is 3. The molecular weight excluding hydrogens is 230 g/mol. The summed E-state index contributed by atoms with van der Waals surface area (Å²) < 4.78 is 49.5. The van der Waals surface area contributed by atoms with Gasteiger partial charge in [0.15, 0.2) is 0 Å². The first-order chi connectivity index (χ1) is 6.86. The smallest absolute Gasteiger partial charge is 0.398 e. The van der Waals surface area contributed by atoms with E-state index in [1.807, 2.05) is 0 Å². The van der Waals surface area contributed by atoms with E-state index in [-0.39, 0.29) is 11.3 Å². The zero-order chi connectivity index (χ0) is 11.6. The summed E-state index contributed by atoms with van der Waals surface area (Å²) in [6, 6.07) is 2.47. The lowest BCUT2D eigenvalue weighted by Crippen LogP contribution is -2.08. The molecule has 0 saturated heterocycles. The van der Waals surface area contributed by atoms with Crippen molar-refractivity contribution in [2.45, 2.75) is 6.18 Å². The van der Waals surface area contributed by atoms with Gasteiger partial charge in [-0.1, -0.05) is 6.07 Å². The van der Waals surface area contributed by atoms with Gasteiger partial charge >= 0.3 is 6.18 Å². The van der Waals surface area contributed by atoms with Crippen LogP contribution >= 0.6 is 12.6 Å². The van der Waals surface area contributed by atoms with Gasteiger partial charge in [-0.15, -0.1) is 12.6 Å². The second-order valence-corrected chi connectivity index (χ2v) is 3.04. The lowest BCUT2D eigenvalue weighted by molar-refractivity contribution is -0.140. The van der Waals surface area contributed by atoms with Crippen molar-refractivity contribution in [3.63, 3.8) is 0 Å². The van der Waals surface area contributed by atoms with Gasteiger partial charge in [-0.3, -0.25) is 0 Å². The number of halogens is 4. The van der Waals surface area contributed by atoms with E-state index in [1.165, 1.54) is 5.41 Å². The number of hydrogen-bond acceptors (Lipinski definition) is 2. The minimum Gasteiger partial charge on any atom is -0.398 e. The van der Waals surface area contributed by atoms with Crippen molar-refractivity contribution in [3.05, 3.63) is 40.6 Å². The van der Waals surface area contributed by atoms with Crippen LogP contribution in [0, 0.1) is 5.82 Å². The molecule has 0 spiro atoms. The Kier molecular flexibility index (Phi) is 3.28. The van der Waals surface area contributed by atoms with Gasteiger partial charge in [0, 0.05) is 11.3 Å². The van der Waals surface area contributed by atoms with Crippen molar-refractivity contribution in [1.82, 2.24) is 0 Å². The molecule has 0 aromatic heterocycles. The van der Waals surface area contributed by atoms with Crippen LogP contribution in [0.4, 0.5) is 17.6 Å². The topological polar surface area (TPSA) is 26.0 Å². The lowest BCUT2D eigenvalue weighted by atomic mass is 10.1. The van der Waals surface area contributed by atoms with Crippen LogP contribution in [-0.4, -0.2) is 0 Å². The summed E-state index contributed by atoms with van der Waals surface area (Å²) in [5.41, 5.74) is 4.32. The predicted octanol–water partition coefficient (Wildman–Crippen LogP) is 3.03. The summed E-state index contributed by atoms with van der Waals surface area (Å²) in [6.07, 6.45) is -4.69. The molecule has 1 aromatic carbocycles. The van der Waals surface area contributed by atoms with Crippen LogP contribution < -0.4 is 5.73 Å². The highest BCUT2D eigenvalue weighted by Crippen LogP contribution is 2.32. The summed E-state index contributed by atoms with van der Waals surface area (Å²) >= 11 is 3.71. The summed E-state index contributed by atoms with van der Waals surface area (Å²) in [5.74, 6) is -1.35. The summed E-state index contributed by atoms with van der Waals surface area (Å²) in [7, 11) is 0. The van der Waals surface area contributed by atoms with E-state index < -0.39 is 17.6 Å². The molecule has 0 atom stereocenters. The minimum absolute atomic E-state index is 0.103. The van der Waals surface area contributed by atoms with Crippen LogP contribution in [0.15, 0.2) is 23.6 Å². The molecule has 1 aromatic rings. The molecule has 1 rings (SSSR count). The molecule has 0 aliphatic heterocycles. The van der Waals surface area contributed by atoms with E-state index >= 15 is 0 Å². The quantitative estimate of drug-likeness (QED) is 0.570. The van der Waals surface area contributed by atoms with Gasteiger partial charge in [0.1, 0.15) is 5.82 Å². The average molecular weight is 237 g/mol. The standard InChI is InChI=1S/C9H7F4NS/c10-7-3-5(8(14)4-15)1-2-6(7)9(11,12)13/h1-4,15H,14H2/b8-4-. The van der Waals surface area contributed by atoms with Gasteiger partial charge in [0.25, 0.3) is 0 Å². The minimum atomic E-state index is -4.69. The van der Waals surface area contributed by atoms with E-state index in [1.54, 1.807) is 0 Å². The summed E-state index contributed by atoms with van der Waals surface area (Å²) in [6.45, 7) is 0. The first-order valence-corrected chi connectivity index (χ1v) is 4.35. The Labute approximate surface area is 89.0 Å². The Morgan fingerprint density at radius 1 is 1.33 bits per heavy atom. The highest BCUT2D eigenvalue weighted by Gasteiger charge is 2.33. The van der Waals surface area contributed by atoms with Crippen LogP contribution in [0.1, 0.15) is 11.1 Å². The Bertz CT molecular complexity index is 398. The first-order valence-electron chi connectivity index (χ1n) is 3.83. The van der Waals surface area contributed by atoms with Crippen LogP contribution in [0.25, 0.3) is 5.70 Å². The summed E-state index contributed by atoms with van der Waals surface area (Å²) in [4.78, 5) is 0. The molecule has 1 nitrogen and oxygen atoms in total. The van der Waals surface area contributed by atoms with Crippen molar-refractivity contribution in [2.24, 2.45) is 5.73 Å². The van der Waals surface area contributed by atoms with E-state index in [0.29, 0.717) is 6.07 Å². The Hall–Kier alpha value is -1.17. The van der Waals surface area contributed by atoms with Gasteiger partial charge in [-0.05, 0) is 17.5 Å². The largest absolute Gasteiger partial charge is 0.419 e. The molecule has 82 valence electrons. The van der Waals surface area contributed by atoms with Crippen LogP contribution in [0.3, 0.4) is 0 Å². The van der Waals surface area contributed by atoms with Gasteiger partial charge in [0.05, 0.1) is 5.56 Å². The fourth-order valence-corrected chi connectivity index (χ4v) is 1.15. The van der Waals surface area contributed by atoms with Gasteiger partial charge in [-0.2, -0.15) is 13.2 Å². The van der Waals surface area contributed by atoms with Crippen LogP contribution in [0.2, 0.25) is 0 Å². The summed E-state index contributed by atoms with van der Waals surface area (Å²) in [5, 5.41) is 1.18. The first kappa shape index (κ1) is 11.9. The number of benzene rings is 1. The molecule has 0 bridgehead atoms. The Balaban J connectivity index is 3.21. The highest BCUT2D eigenvalue weighted by molar-refractivity contribution is 7.83. The molecule has 0 unspecified atom stereocenters. The van der Waals surface area contributed by atoms with Crippen LogP contribution in [-0.2, 0) is 6.18 Å². The number of nitrogens with two attached hydrogens (primary N) is 1. The van der Waals surface area contributed by atoms with Crippen molar-refractivity contribution in [3.8, 4) is 0 Å². The average Bonchev–Trinajstić information content (AvgIpc) is 2.14. The molecular formula is C9H7F4NS. The molecule has 2 N–H and O–H groups in total. The second-order valence-electron chi connectivity index (χ2n) is 2.78. The molecule has 0 saturated carbocycles.